The molecule has 0 aromatic heterocycles. The molecule has 1 aliphatic heterocycles. The van der Waals surface area contributed by atoms with E-state index >= 15 is 0 Å². The first-order valence-electron chi connectivity index (χ1n) is 7.85. The zero-order chi connectivity index (χ0) is 16.8. The molecule has 0 unspecified atom stereocenters. The van der Waals surface area contributed by atoms with Crippen LogP contribution >= 0.6 is 0 Å². The Bertz CT molecular complexity index is 833. The second-order valence-electron chi connectivity index (χ2n) is 6.03. The van der Waals surface area contributed by atoms with E-state index in [0.29, 0.717) is 35.5 Å². The van der Waals surface area contributed by atoms with Gasteiger partial charge in [0, 0.05) is 6.04 Å². The van der Waals surface area contributed by atoms with Gasteiger partial charge in [0.2, 0.25) is 0 Å². The molecule has 0 saturated carbocycles. The first-order chi connectivity index (χ1) is 11.7. The summed E-state index contributed by atoms with van der Waals surface area (Å²) < 4.78 is 10.6. The molecule has 1 aliphatic carbocycles. The molecule has 5 nitrogen and oxygen atoms in total. The van der Waals surface area contributed by atoms with Crippen LogP contribution in [0.3, 0.4) is 0 Å². The smallest absolute Gasteiger partial charge is 0.265 e. The Morgan fingerprint density at radius 3 is 2.17 bits per heavy atom. The van der Waals surface area contributed by atoms with Crippen LogP contribution in [0.2, 0.25) is 0 Å². The van der Waals surface area contributed by atoms with E-state index in [0.717, 1.165) is 0 Å². The minimum Gasteiger partial charge on any atom is -0.493 e. The normalized spacial score (nSPS) is 16.3. The number of ether oxygens (including phenoxy) is 2. The summed E-state index contributed by atoms with van der Waals surface area (Å²) in [5, 5.41) is 0. The van der Waals surface area contributed by atoms with E-state index in [1.165, 1.54) is 30.2 Å². The number of methoxy groups -OCH3 is 2. The van der Waals surface area contributed by atoms with Crippen LogP contribution < -0.4 is 9.47 Å². The second-order valence-corrected chi connectivity index (χ2v) is 6.03. The molecule has 122 valence electrons. The van der Waals surface area contributed by atoms with Gasteiger partial charge in [0.25, 0.3) is 11.8 Å². The van der Waals surface area contributed by atoms with E-state index in [2.05, 4.69) is 12.1 Å². The van der Waals surface area contributed by atoms with Crippen LogP contribution in [-0.4, -0.2) is 37.0 Å². The van der Waals surface area contributed by atoms with Gasteiger partial charge in [-0.1, -0.05) is 24.3 Å². The third-order valence-electron chi connectivity index (χ3n) is 4.82. The van der Waals surface area contributed by atoms with E-state index in [1.807, 2.05) is 12.1 Å². The second kappa shape index (κ2) is 5.37. The van der Waals surface area contributed by atoms with Crippen molar-refractivity contribution in [3.63, 3.8) is 0 Å². The Morgan fingerprint density at radius 1 is 0.917 bits per heavy atom. The average molecular weight is 323 g/mol. The van der Waals surface area contributed by atoms with Crippen molar-refractivity contribution < 1.29 is 19.1 Å². The van der Waals surface area contributed by atoms with Gasteiger partial charge in [-0.2, -0.15) is 0 Å². The summed E-state index contributed by atoms with van der Waals surface area (Å²) in [7, 11) is 2.99. The molecule has 0 fully saturated rings. The Labute approximate surface area is 139 Å². The van der Waals surface area contributed by atoms with Crippen LogP contribution in [0.5, 0.6) is 11.5 Å². The Morgan fingerprint density at radius 2 is 1.58 bits per heavy atom. The first kappa shape index (κ1) is 14.8. The molecule has 5 heteroatoms. The number of hydrogen-bond donors (Lipinski definition) is 0. The van der Waals surface area contributed by atoms with E-state index in [4.69, 9.17) is 9.47 Å². The predicted molar refractivity (Wildman–Crippen MR) is 87.7 cm³/mol. The molecule has 0 N–H and O–H groups in total. The maximum absolute atomic E-state index is 13.0. The number of nitrogens with zero attached hydrogens (tertiary/aromatic N) is 1. The Hall–Kier alpha value is -2.82. The first-order valence-corrected chi connectivity index (χ1v) is 7.85. The molecule has 24 heavy (non-hydrogen) atoms. The molecule has 0 radical (unpaired) electrons. The van der Waals surface area contributed by atoms with Gasteiger partial charge >= 0.3 is 0 Å². The number of fused-ring (bicyclic) bond motifs is 2. The van der Waals surface area contributed by atoms with E-state index in [-0.39, 0.29) is 17.9 Å². The van der Waals surface area contributed by atoms with Gasteiger partial charge in [-0.3, -0.25) is 14.5 Å². The van der Waals surface area contributed by atoms with E-state index in [1.54, 1.807) is 12.1 Å². The third kappa shape index (κ3) is 1.94. The summed E-state index contributed by atoms with van der Waals surface area (Å²) in [6.07, 6.45) is 1.39. The lowest BCUT2D eigenvalue weighted by molar-refractivity contribution is 0.0589. The van der Waals surface area contributed by atoms with Gasteiger partial charge in [-0.15, -0.1) is 0 Å². The topological polar surface area (TPSA) is 55.8 Å². The van der Waals surface area contributed by atoms with Crippen LogP contribution in [0.25, 0.3) is 0 Å². The van der Waals surface area contributed by atoms with E-state index in [9.17, 15) is 9.59 Å². The zero-order valence-corrected chi connectivity index (χ0v) is 13.5. The molecule has 2 aliphatic rings. The fourth-order valence-corrected chi connectivity index (χ4v) is 3.71. The van der Waals surface area contributed by atoms with Crippen molar-refractivity contribution in [3.8, 4) is 11.5 Å². The maximum atomic E-state index is 13.0. The van der Waals surface area contributed by atoms with Gasteiger partial charge in [0.15, 0.2) is 11.5 Å². The van der Waals surface area contributed by atoms with Gasteiger partial charge < -0.3 is 9.47 Å². The number of imide groups is 1. The molecule has 2 aromatic rings. The highest BCUT2D eigenvalue weighted by molar-refractivity contribution is 6.23. The van der Waals surface area contributed by atoms with Gasteiger partial charge in [-0.25, -0.2) is 0 Å². The minimum atomic E-state index is -0.302. The molecule has 2 aromatic carbocycles. The SMILES string of the molecule is COc1ccc2c(c1OC)C(=O)N(C1Cc3ccccc3C1)C2=O. The van der Waals surface area contributed by atoms with Crippen LogP contribution in [0.1, 0.15) is 31.8 Å². The number of amides is 2. The summed E-state index contributed by atoms with van der Waals surface area (Å²) in [4.78, 5) is 27.2. The summed E-state index contributed by atoms with van der Waals surface area (Å²) in [6, 6.07) is 11.2. The number of benzene rings is 2. The Kier molecular flexibility index (Phi) is 3.30. The Balaban J connectivity index is 1.74. The van der Waals surface area contributed by atoms with Crippen LogP contribution in [0.15, 0.2) is 36.4 Å². The van der Waals surface area contributed by atoms with Crippen molar-refractivity contribution in [2.45, 2.75) is 18.9 Å². The van der Waals surface area contributed by atoms with E-state index < -0.39 is 0 Å². The molecule has 0 spiro atoms. The fraction of sp³-hybridized carbons (Fsp3) is 0.263. The molecule has 0 saturated heterocycles. The highest BCUT2D eigenvalue weighted by atomic mass is 16.5. The lowest BCUT2D eigenvalue weighted by Gasteiger charge is -2.21. The standard InChI is InChI=1S/C19H17NO4/c1-23-15-8-7-14-16(17(15)24-2)19(22)20(18(14)21)13-9-11-5-3-4-6-12(11)10-13/h3-8,13H,9-10H2,1-2H3. The van der Waals surface area contributed by atoms with Crippen molar-refractivity contribution in [1.82, 2.24) is 4.90 Å². The summed E-state index contributed by atoms with van der Waals surface area (Å²) in [5.74, 6) is 0.220. The van der Waals surface area contributed by atoms with Crippen LogP contribution in [0, 0.1) is 0 Å². The molecule has 1 heterocycles. The lowest BCUT2D eigenvalue weighted by Crippen LogP contribution is -2.40. The van der Waals surface area contributed by atoms with Gasteiger partial charge in [0.1, 0.15) is 0 Å². The van der Waals surface area contributed by atoms with Crippen molar-refractivity contribution >= 4 is 11.8 Å². The average Bonchev–Trinajstić information content (AvgIpc) is 3.13. The molecular weight excluding hydrogens is 306 g/mol. The number of rotatable bonds is 3. The van der Waals surface area contributed by atoms with Gasteiger partial charge in [-0.05, 0) is 36.1 Å². The largest absolute Gasteiger partial charge is 0.493 e. The third-order valence-corrected chi connectivity index (χ3v) is 4.82. The minimum absolute atomic E-state index is 0.148. The molecule has 0 atom stereocenters. The van der Waals surface area contributed by atoms with Crippen LogP contribution in [-0.2, 0) is 12.8 Å². The molecule has 2 amide bonds. The quantitative estimate of drug-likeness (QED) is 0.814. The van der Waals surface area contributed by atoms with Crippen LogP contribution in [0.4, 0.5) is 0 Å². The predicted octanol–water partition coefficient (Wildman–Crippen LogP) is 2.47. The van der Waals surface area contributed by atoms with Gasteiger partial charge in [0.05, 0.1) is 25.3 Å². The van der Waals surface area contributed by atoms with Crippen molar-refractivity contribution in [2.75, 3.05) is 14.2 Å². The number of carbonyl (C=O) groups excluding carboxylic acids is 2. The van der Waals surface area contributed by atoms with Crippen molar-refractivity contribution in [2.24, 2.45) is 0 Å². The molecule has 0 bridgehead atoms. The highest BCUT2D eigenvalue weighted by Gasteiger charge is 2.44. The lowest BCUT2D eigenvalue weighted by atomic mass is 10.1. The van der Waals surface area contributed by atoms with Crippen molar-refractivity contribution in [3.05, 3.63) is 58.7 Å². The summed E-state index contributed by atoms with van der Waals surface area (Å²) in [6.45, 7) is 0. The maximum Gasteiger partial charge on any atom is 0.265 e. The monoisotopic (exact) mass is 323 g/mol. The highest BCUT2D eigenvalue weighted by Crippen LogP contribution is 2.40. The zero-order valence-electron chi connectivity index (χ0n) is 13.5. The number of hydrogen-bond acceptors (Lipinski definition) is 4. The summed E-state index contributed by atoms with van der Waals surface area (Å²) >= 11 is 0. The number of carbonyl (C=O) groups is 2. The fourth-order valence-electron chi connectivity index (χ4n) is 3.71. The van der Waals surface area contributed by atoms with Crippen molar-refractivity contribution in [1.29, 1.82) is 0 Å². The molecule has 4 rings (SSSR count). The molecular formula is C19H17NO4. The summed E-state index contributed by atoms with van der Waals surface area (Å²) in [5.41, 5.74) is 3.08.